The zero-order chi connectivity index (χ0) is 18.5. The van der Waals surface area contributed by atoms with E-state index >= 15 is 0 Å². The number of aliphatic carboxylic acids is 1. The van der Waals surface area contributed by atoms with Crippen LogP contribution in [0.2, 0.25) is 0 Å². The minimum atomic E-state index is -0.892. The van der Waals surface area contributed by atoms with Crippen molar-refractivity contribution in [2.45, 2.75) is 39.2 Å². The van der Waals surface area contributed by atoms with Gasteiger partial charge in [0.1, 0.15) is 10.3 Å². The van der Waals surface area contributed by atoms with E-state index in [-0.39, 0.29) is 6.61 Å². The van der Waals surface area contributed by atoms with Gasteiger partial charge in [-0.05, 0) is 72.6 Å². The lowest BCUT2D eigenvalue weighted by atomic mass is 9.82. The fraction of sp³-hybridized carbons (Fsp3) is 0.500. The van der Waals surface area contributed by atoms with Crippen LogP contribution in [0.15, 0.2) is 30.3 Å². The monoisotopic (exact) mass is 468 g/mol. The van der Waals surface area contributed by atoms with Gasteiger partial charge in [-0.15, -0.1) is 0 Å². The Balaban J connectivity index is 1.57. The van der Waals surface area contributed by atoms with E-state index in [2.05, 4.69) is 58.5 Å². The van der Waals surface area contributed by atoms with E-state index in [0.717, 1.165) is 35.9 Å². The maximum absolute atomic E-state index is 10.5. The molecule has 0 aliphatic heterocycles. The first kappa shape index (κ1) is 19.4. The first-order valence-corrected chi connectivity index (χ1v) is 10.2. The molecular formula is C20H25IN2O3. The molecule has 0 spiro atoms. The molecule has 1 aromatic heterocycles. The topological polar surface area (TPSA) is 64.4 Å². The Morgan fingerprint density at radius 3 is 2.54 bits per heavy atom. The third kappa shape index (κ3) is 4.85. The van der Waals surface area contributed by atoms with Crippen molar-refractivity contribution in [2.24, 2.45) is 11.8 Å². The summed E-state index contributed by atoms with van der Waals surface area (Å²) in [5.41, 5.74) is 3.69. The van der Waals surface area contributed by atoms with Gasteiger partial charge < -0.3 is 9.84 Å². The summed E-state index contributed by atoms with van der Waals surface area (Å²) in [6, 6.07) is 10.4. The molecule has 0 saturated heterocycles. The molecule has 1 aromatic carbocycles. The maximum Gasteiger partial charge on any atom is 0.329 e. The zero-order valence-corrected chi connectivity index (χ0v) is 17.2. The Morgan fingerprint density at radius 2 is 1.88 bits per heavy atom. The summed E-state index contributed by atoms with van der Waals surface area (Å²) in [7, 11) is 0. The summed E-state index contributed by atoms with van der Waals surface area (Å²) < 4.78 is 8.48. The number of aromatic nitrogens is 2. The van der Waals surface area contributed by atoms with E-state index < -0.39 is 5.97 Å². The molecule has 26 heavy (non-hydrogen) atoms. The van der Waals surface area contributed by atoms with Gasteiger partial charge in [-0.1, -0.05) is 30.3 Å². The van der Waals surface area contributed by atoms with E-state index in [4.69, 9.17) is 14.9 Å². The normalized spacial score (nSPS) is 20.2. The molecule has 0 atom stereocenters. The highest BCUT2D eigenvalue weighted by atomic mass is 127. The van der Waals surface area contributed by atoms with Crippen LogP contribution in [0.4, 0.5) is 0 Å². The van der Waals surface area contributed by atoms with Crippen molar-refractivity contribution < 1.29 is 14.6 Å². The number of hydrogen-bond acceptors (Lipinski definition) is 3. The van der Waals surface area contributed by atoms with Crippen molar-refractivity contribution in [3.63, 3.8) is 0 Å². The molecule has 1 aliphatic rings. The zero-order valence-electron chi connectivity index (χ0n) is 15.0. The predicted octanol–water partition coefficient (Wildman–Crippen LogP) is 4.37. The first-order chi connectivity index (χ1) is 12.5. The van der Waals surface area contributed by atoms with Crippen molar-refractivity contribution in [1.29, 1.82) is 0 Å². The molecule has 3 rings (SSSR count). The number of carbonyl (C=O) groups is 1. The van der Waals surface area contributed by atoms with Crippen LogP contribution in [0, 0.1) is 22.5 Å². The molecule has 1 N–H and O–H groups in total. The van der Waals surface area contributed by atoms with Crippen molar-refractivity contribution in [3.05, 3.63) is 39.7 Å². The van der Waals surface area contributed by atoms with Crippen molar-refractivity contribution >= 4 is 28.6 Å². The van der Waals surface area contributed by atoms with Gasteiger partial charge in [-0.2, -0.15) is 5.10 Å². The number of halogens is 1. The van der Waals surface area contributed by atoms with Gasteiger partial charge in [0.15, 0.2) is 0 Å². The molecule has 0 amide bonds. The van der Waals surface area contributed by atoms with Crippen LogP contribution >= 0.6 is 22.6 Å². The Bertz CT molecular complexity index is 737. The smallest absolute Gasteiger partial charge is 0.329 e. The molecule has 1 heterocycles. The number of hydrogen-bond donors (Lipinski definition) is 1. The minimum absolute atomic E-state index is 0.187. The number of rotatable bonds is 7. The van der Waals surface area contributed by atoms with Gasteiger partial charge >= 0.3 is 5.97 Å². The van der Waals surface area contributed by atoms with Crippen LogP contribution in [-0.2, 0) is 16.1 Å². The summed E-state index contributed by atoms with van der Waals surface area (Å²) in [5, 5.41) is 13.4. The lowest BCUT2D eigenvalue weighted by Gasteiger charge is -2.28. The number of ether oxygens (including phenoxy) is 1. The lowest BCUT2D eigenvalue weighted by Crippen LogP contribution is -2.23. The molecule has 0 radical (unpaired) electrons. The number of nitrogens with zero attached hydrogens (tertiary/aromatic N) is 2. The second kappa shape index (κ2) is 8.99. The Kier molecular flexibility index (Phi) is 6.69. The Labute approximate surface area is 167 Å². The van der Waals surface area contributed by atoms with E-state index in [1.54, 1.807) is 0 Å². The standard InChI is InChI=1S/C20H25IN2O3/c1-14-19(17-5-3-2-4-6-17)20(21)22-23(14)11-15-7-9-16(10-8-15)12-26-13-18(24)25/h2-6,15-16H,7-13H2,1H3,(H,24,25)/t15-,16-. The average molecular weight is 468 g/mol. The maximum atomic E-state index is 10.5. The van der Waals surface area contributed by atoms with Gasteiger partial charge in [-0.25, -0.2) is 4.79 Å². The van der Waals surface area contributed by atoms with Gasteiger partial charge in [0.2, 0.25) is 0 Å². The van der Waals surface area contributed by atoms with Crippen LogP contribution in [0.5, 0.6) is 0 Å². The highest BCUT2D eigenvalue weighted by molar-refractivity contribution is 14.1. The Hall–Kier alpha value is -1.41. The minimum Gasteiger partial charge on any atom is -0.480 e. The van der Waals surface area contributed by atoms with Crippen molar-refractivity contribution in [2.75, 3.05) is 13.2 Å². The van der Waals surface area contributed by atoms with E-state index in [1.165, 1.54) is 16.8 Å². The highest BCUT2D eigenvalue weighted by Crippen LogP contribution is 2.33. The quantitative estimate of drug-likeness (QED) is 0.614. The second-order valence-electron chi connectivity index (χ2n) is 7.09. The van der Waals surface area contributed by atoms with Crippen LogP contribution in [-0.4, -0.2) is 34.1 Å². The number of benzene rings is 1. The van der Waals surface area contributed by atoms with Crippen molar-refractivity contribution in [1.82, 2.24) is 9.78 Å². The SMILES string of the molecule is Cc1c(-c2ccccc2)c(I)nn1C[C@H]1CC[C@H](COCC(=O)O)CC1. The number of carboxylic acids is 1. The highest BCUT2D eigenvalue weighted by Gasteiger charge is 2.23. The summed E-state index contributed by atoms with van der Waals surface area (Å²) >= 11 is 2.33. The lowest BCUT2D eigenvalue weighted by molar-refractivity contribution is -0.142. The van der Waals surface area contributed by atoms with Gasteiger partial charge in [-0.3, -0.25) is 4.68 Å². The fourth-order valence-electron chi connectivity index (χ4n) is 3.76. The predicted molar refractivity (Wildman–Crippen MR) is 109 cm³/mol. The molecule has 5 nitrogen and oxygen atoms in total. The summed E-state index contributed by atoms with van der Waals surface area (Å²) in [5.74, 6) is 0.227. The van der Waals surface area contributed by atoms with Crippen LogP contribution in [0.25, 0.3) is 11.1 Å². The summed E-state index contributed by atoms with van der Waals surface area (Å²) in [6.45, 7) is 3.49. The van der Waals surface area contributed by atoms with Crippen LogP contribution < -0.4 is 0 Å². The molecule has 6 heteroatoms. The summed E-state index contributed by atoms with van der Waals surface area (Å²) in [4.78, 5) is 10.5. The Morgan fingerprint density at radius 1 is 1.23 bits per heavy atom. The summed E-state index contributed by atoms with van der Waals surface area (Å²) in [6.07, 6.45) is 4.51. The average Bonchev–Trinajstić information content (AvgIpc) is 2.90. The molecule has 0 unspecified atom stereocenters. The first-order valence-electron chi connectivity index (χ1n) is 9.12. The molecule has 1 fully saturated rings. The molecular weight excluding hydrogens is 443 g/mol. The van der Waals surface area contributed by atoms with Crippen LogP contribution in [0.3, 0.4) is 0 Å². The molecule has 1 aliphatic carbocycles. The molecule has 0 bridgehead atoms. The second-order valence-corrected chi connectivity index (χ2v) is 8.12. The third-order valence-electron chi connectivity index (χ3n) is 5.20. The molecule has 1 saturated carbocycles. The third-order valence-corrected chi connectivity index (χ3v) is 5.96. The van der Waals surface area contributed by atoms with Crippen LogP contribution in [0.1, 0.15) is 31.4 Å². The van der Waals surface area contributed by atoms with E-state index in [9.17, 15) is 4.79 Å². The molecule has 140 valence electrons. The van der Waals surface area contributed by atoms with Gasteiger partial charge in [0.05, 0.1) is 6.61 Å². The van der Waals surface area contributed by atoms with Gasteiger partial charge in [0.25, 0.3) is 0 Å². The van der Waals surface area contributed by atoms with Crippen molar-refractivity contribution in [3.8, 4) is 11.1 Å². The van der Waals surface area contributed by atoms with E-state index in [0.29, 0.717) is 18.4 Å². The fourth-order valence-corrected chi connectivity index (χ4v) is 4.72. The van der Waals surface area contributed by atoms with Gasteiger partial charge in [0, 0.05) is 17.8 Å². The number of carboxylic acid groups (broad SMARTS) is 1. The van der Waals surface area contributed by atoms with E-state index in [1.807, 2.05) is 6.07 Å². The molecule has 2 aromatic rings. The largest absolute Gasteiger partial charge is 0.480 e.